The summed E-state index contributed by atoms with van der Waals surface area (Å²) >= 11 is 7.56. The Balaban J connectivity index is 2.15. The van der Waals surface area contributed by atoms with Crippen LogP contribution in [-0.2, 0) is 0 Å². The number of hydrogen-bond donors (Lipinski definition) is 1. The molecule has 0 radical (unpaired) electrons. The van der Waals surface area contributed by atoms with E-state index in [0.717, 1.165) is 12.8 Å². The van der Waals surface area contributed by atoms with Crippen LogP contribution in [0.3, 0.4) is 0 Å². The zero-order chi connectivity index (χ0) is 13.9. The molecular weight excluding hydrogens is 288 g/mol. The van der Waals surface area contributed by atoms with Crippen molar-refractivity contribution >= 4 is 34.9 Å². The van der Waals surface area contributed by atoms with Gasteiger partial charge >= 0.3 is 5.69 Å². The first-order valence-electron chi connectivity index (χ1n) is 6.02. The quantitative estimate of drug-likeness (QED) is 0.511. The summed E-state index contributed by atoms with van der Waals surface area (Å²) in [6.07, 6.45) is 7.96. The Kier molecular flexibility index (Phi) is 4.46. The largest absolute Gasteiger partial charge is 0.363 e. The molecule has 1 aliphatic carbocycles. The van der Waals surface area contributed by atoms with E-state index in [1.165, 1.54) is 19.2 Å². The fraction of sp³-hybridized carbons (Fsp3) is 0.636. The maximum absolute atomic E-state index is 11.0. The lowest BCUT2D eigenvalue weighted by molar-refractivity contribution is -0.384. The van der Waals surface area contributed by atoms with Crippen molar-refractivity contribution in [2.75, 3.05) is 18.1 Å². The second-order valence-electron chi connectivity index (χ2n) is 4.57. The molecule has 0 atom stereocenters. The molecule has 1 aromatic rings. The smallest absolute Gasteiger partial charge is 0.348 e. The van der Waals surface area contributed by atoms with Gasteiger partial charge in [0.25, 0.3) is 0 Å². The number of nitrogens with one attached hydrogen (secondary N) is 1. The predicted octanol–water partition coefficient (Wildman–Crippen LogP) is 3.13. The Hall–Kier alpha value is -1.08. The van der Waals surface area contributed by atoms with Gasteiger partial charge in [-0.15, -0.1) is 0 Å². The van der Waals surface area contributed by atoms with Crippen molar-refractivity contribution in [2.24, 2.45) is 0 Å². The van der Waals surface area contributed by atoms with Gasteiger partial charge in [0.2, 0.25) is 11.0 Å². The molecule has 1 aliphatic rings. The molecule has 0 bridgehead atoms. The molecule has 1 N–H and O–H groups in total. The SMILES string of the molecule is CSC1(CNc2ncnc(Cl)c2[N+](=O)[O-])CCCC1. The highest BCUT2D eigenvalue weighted by atomic mass is 35.5. The summed E-state index contributed by atoms with van der Waals surface area (Å²) in [5, 5.41) is 13.9. The normalized spacial score (nSPS) is 17.4. The molecule has 0 saturated heterocycles. The standard InChI is InChI=1S/C11H15ClN4O2S/c1-19-11(4-2-3-5-11)6-13-10-8(16(17)18)9(12)14-7-15-10/h7H,2-6H2,1H3,(H,13,14,15). The van der Waals surface area contributed by atoms with E-state index in [-0.39, 0.29) is 21.4 Å². The number of thioether (sulfide) groups is 1. The molecule has 1 fully saturated rings. The Morgan fingerprint density at radius 2 is 2.21 bits per heavy atom. The van der Waals surface area contributed by atoms with Crippen LogP contribution >= 0.6 is 23.4 Å². The van der Waals surface area contributed by atoms with Gasteiger partial charge in [-0.2, -0.15) is 11.8 Å². The molecule has 19 heavy (non-hydrogen) atoms. The number of halogens is 1. The van der Waals surface area contributed by atoms with Crippen molar-refractivity contribution in [1.29, 1.82) is 0 Å². The molecule has 0 aromatic carbocycles. The molecule has 0 spiro atoms. The van der Waals surface area contributed by atoms with Gasteiger partial charge in [0.15, 0.2) is 0 Å². The highest BCUT2D eigenvalue weighted by Crippen LogP contribution is 2.40. The minimum atomic E-state index is -0.551. The minimum Gasteiger partial charge on any atom is -0.363 e. The summed E-state index contributed by atoms with van der Waals surface area (Å²) in [6.45, 7) is 0.655. The summed E-state index contributed by atoms with van der Waals surface area (Å²) in [7, 11) is 0. The van der Waals surface area contributed by atoms with E-state index in [0.29, 0.717) is 6.54 Å². The number of hydrogen-bond acceptors (Lipinski definition) is 6. The van der Waals surface area contributed by atoms with E-state index in [9.17, 15) is 10.1 Å². The van der Waals surface area contributed by atoms with Crippen molar-refractivity contribution in [3.05, 3.63) is 21.6 Å². The van der Waals surface area contributed by atoms with Crippen LogP contribution in [0.5, 0.6) is 0 Å². The van der Waals surface area contributed by atoms with Crippen LogP contribution in [-0.4, -0.2) is 32.4 Å². The average Bonchev–Trinajstić information content (AvgIpc) is 2.85. The topological polar surface area (TPSA) is 81.0 Å². The van der Waals surface area contributed by atoms with Gasteiger partial charge < -0.3 is 5.32 Å². The van der Waals surface area contributed by atoms with Crippen molar-refractivity contribution in [1.82, 2.24) is 9.97 Å². The van der Waals surface area contributed by atoms with Crippen molar-refractivity contribution in [2.45, 2.75) is 30.4 Å². The lowest BCUT2D eigenvalue weighted by atomic mass is 10.1. The predicted molar refractivity (Wildman–Crippen MR) is 76.9 cm³/mol. The van der Waals surface area contributed by atoms with Gasteiger partial charge in [-0.05, 0) is 19.1 Å². The van der Waals surface area contributed by atoms with Crippen LogP contribution in [0.1, 0.15) is 25.7 Å². The molecule has 6 nitrogen and oxygen atoms in total. The van der Waals surface area contributed by atoms with Gasteiger partial charge in [0.05, 0.1) is 4.92 Å². The van der Waals surface area contributed by atoms with Crippen LogP contribution in [0.4, 0.5) is 11.5 Å². The number of anilines is 1. The van der Waals surface area contributed by atoms with Crippen LogP contribution in [0, 0.1) is 10.1 Å². The highest BCUT2D eigenvalue weighted by molar-refractivity contribution is 8.00. The maximum Gasteiger partial charge on any atom is 0.348 e. The van der Waals surface area contributed by atoms with E-state index in [1.54, 1.807) is 0 Å². The summed E-state index contributed by atoms with van der Waals surface area (Å²) in [5.74, 6) is 0.199. The zero-order valence-corrected chi connectivity index (χ0v) is 12.1. The van der Waals surface area contributed by atoms with E-state index in [1.807, 2.05) is 11.8 Å². The van der Waals surface area contributed by atoms with Gasteiger partial charge in [-0.3, -0.25) is 10.1 Å². The first-order chi connectivity index (χ1) is 9.08. The summed E-state index contributed by atoms with van der Waals surface area (Å²) < 4.78 is 0.144. The lowest BCUT2D eigenvalue weighted by Gasteiger charge is -2.27. The first kappa shape index (κ1) is 14.3. The fourth-order valence-corrected chi connectivity index (χ4v) is 3.48. The average molecular weight is 303 g/mol. The van der Waals surface area contributed by atoms with Crippen LogP contribution < -0.4 is 5.32 Å². The molecule has 0 unspecified atom stereocenters. The van der Waals surface area contributed by atoms with Gasteiger partial charge in [0.1, 0.15) is 6.33 Å². The second kappa shape index (κ2) is 5.92. The monoisotopic (exact) mass is 302 g/mol. The Labute approximate surface area is 120 Å². The molecule has 104 valence electrons. The molecular formula is C11H15ClN4O2S. The van der Waals surface area contributed by atoms with Gasteiger partial charge in [-0.25, -0.2) is 9.97 Å². The third-order valence-electron chi connectivity index (χ3n) is 3.49. The van der Waals surface area contributed by atoms with Crippen molar-refractivity contribution < 1.29 is 4.92 Å². The minimum absolute atomic E-state index is 0.132. The Bertz CT molecular complexity index is 480. The van der Waals surface area contributed by atoms with Crippen LogP contribution in [0.15, 0.2) is 6.33 Å². The highest BCUT2D eigenvalue weighted by Gasteiger charge is 2.33. The molecule has 0 aliphatic heterocycles. The van der Waals surface area contributed by atoms with Gasteiger partial charge in [0, 0.05) is 11.3 Å². The number of nitro groups is 1. The lowest BCUT2D eigenvalue weighted by Crippen LogP contribution is -2.30. The summed E-state index contributed by atoms with van der Waals surface area (Å²) in [6, 6.07) is 0. The Morgan fingerprint density at radius 3 is 2.79 bits per heavy atom. The third kappa shape index (κ3) is 3.09. The Morgan fingerprint density at radius 1 is 1.53 bits per heavy atom. The van der Waals surface area contributed by atoms with Crippen molar-refractivity contribution in [3.63, 3.8) is 0 Å². The molecule has 2 rings (SSSR count). The molecule has 1 aromatic heterocycles. The number of nitrogens with zero attached hydrogens (tertiary/aromatic N) is 3. The molecule has 0 amide bonds. The third-order valence-corrected chi connectivity index (χ3v) is 5.18. The van der Waals surface area contributed by atoms with E-state index < -0.39 is 4.92 Å². The van der Waals surface area contributed by atoms with Crippen LogP contribution in [0.2, 0.25) is 5.15 Å². The second-order valence-corrected chi connectivity index (χ2v) is 6.20. The first-order valence-corrected chi connectivity index (χ1v) is 7.62. The number of rotatable bonds is 5. The summed E-state index contributed by atoms with van der Waals surface area (Å²) in [5.41, 5.74) is -0.251. The van der Waals surface area contributed by atoms with E-state index >= 15 is 0 Å². The number of aromatic nitrogens is 2. The van der Waals surface area contributed by atoms with Crippen LogP contribution in [0.25, 0.3) is 0 Å². The fourth-order valence-electron chi connectivity index (χ4n) is 2.37. The molecule has 8 heteroatoms. The zero-order valence-electron chi connectivity index (χ0n) is 10.6. The van der Waals surface area contributed by atoms with E-state index in [4.69, 9.17) is 11.6 Å². The summed E-state index contributed by atoms with van der Waals surface area (Å²) in [4.78, 5) is 18.0. The van der Waals surface area contributed by atoms with E-state index in [2.05, 4.69) is 21.5 Å². The van der Waals surface area contributed by atoms with Crippen molar-refractivity contribution in [3.8, 4) is 0 Å². The van der Waals surface area contributed by atoms with Gasteiger partial charge in [-0.1, -0.05) is 24.4 Å². The maximum atomic E-state index is 11.0. The molecule has 1 heterocycles. The molecule has 1 saturated carbocycles.